The Balaban J connectivity index is 1.56. The van der Waals surface area contributed by atoms with Crippen LogP contribution in [-0.4, -0.2) is 15.1 Å². The van der Waals surface area contributed by atoms with Gasteiger partial charge in [0.05, 0.1) is 16.6 Å². The Labute approximate surface area is 142 Å². The molecule has 1 N–H and O–H groups in total. The van der Waals surface area contributed by atoms with Gasteiger partial charge in [0, 0.05) is 5.56 Å². The Morgan fingerprint density at radius 3 is 2.60 bits per heavy atom. The first-order valence-electron chi connectivity index (χ1n) is 7.28. The zero-order valence-electron chi connectivity index (χ0n) is 12.5. The van der Waals surface area contributed by atoms with E-state index in [9.17, 15) is 17.6 Å². The quantitative estimate of drug-likeness (QED) is 0.688. The van der Waals surface area contributed by atoms with Crippen LogP contribution in [0.15, 0.2) is 35.0 Å². The van der Waals surface area contributed by atoms with Crippen LogP contribution in [0.4, 0.5) is 22.7 Å². The molecule has 0 radical (unpaired) electrons. The lowest BCUT2D eigenvalue weighted by molar-refractivity contribution is -0.159. The van der Waals surface area contributed by atoms with Gasteiger partial charge in [-0.2, -0.15) is 18.2 Å². The molecule has 2 aromatic heterocycles. The number of alkyl halides is 3. The van der Waals surface area contributed by atoms with Crippen LogP contribution >= 0.6 is 11.3 Å². The zero-order valence-corrected chi connectivity index (χ0v) is 13.3. The summed E-state index contributed by atoms with van der Waals surface area (Å²) in [4.78, 5) is 7.78. The summed E-state index contributed by atoms with van der Waals surface area (Å²) in [7, 11) is 0. The van der Waals surface area contributed by atoms with Crippen LogP contribution in [0.1, 0.15) is 24.3 Å². The smallest absolute Gasteiger partial charge is 0.352 e. The third-order valence-corrected chi connectivity index (χ3v) is 4.79. The molecule has 0 atom stereocenters. The van der Waals surface area contributed by atoms with Crippen molar-refractivity contribution in [2.75, 3.05) is 5.32 Å². The molecule has 10 heteroatoms. The van der Waals surface area contributed by atoms with Gasteiger partial charge in [0.15, 0.2) is 5.13 Å². The fourth-order valence-electron chi connectivity index (χ4n) is 2.51. The minimum atomic E-state index is -4.69. The van der Waals surface area contributed by atoms with Crippen molar-refractivity contribution >= 4 is 16.5 Å². The van der Waals surface area contributed by atoms with Crippen LogP contribution in [0.3, 0.4) is 0 Å². The highest BCUT2D eigenvalue weighted by Gasteiger charge is 2.46. The molecule has 0 unspecified atom stereocenters. The lowest BCUT2D eigenvalue weighted by atomic mass is 10.0. The van der Waals surface area contributed by atoms with Crippen molar-refractivity contribution < 1.29 is 22.1 Å². The molecule has 5 nitrogen and oxygen atoms in total. The first kappa shape index (κ1) is 16.0. The van der Waals surface area contributed by atoms with Gasteiger partial charge in [-0.05, 0) is 18.9 Å². The molecule has 0 aliphatic heterocycles. The molecule has 1 fully saturated rings. The fourth-order valence-corrected chi connectivity index (χ4v) is 3.35. The van der Waals surface area contributed by atoms with Crippen molar-refractivity contribution in [1.29, 1.82) is 0 Å². The molecule has 1 saturated carbocycles. The van der Waals surface area contributed by atoms with Crippen LogP contribution in [0.25, 0.3) is 10.7 Å². The lowest BCUT2D eigenvalue weighted by Crippen LogP contribution is -2.20. The number of rotatable bonds is 4. The van der Waals surface area contributed by atoms with Crippen LogP contribution < -0.4 is 5.32 Å². The van der Waals surface area contributed by atoms with Gasteiger partial charge >= 0.3 is 12.1 Å². The van der Waals surface area contributed by atoms with Gasteiger partial charge < -0.3 is 9.84 Å². The number of anilines is 1. The van der Waals surface area contributed by atoms with Crippen molar-refractivity contribution in [3.8, 4) is 10.7 Å². The third-order valence-electron chi connectivity index (χ3n) is 3.88. The molecular weight excluding hydrogens is 360 g/mol. The maximum Gasteiger partial charge on any atom is 0.471 e. The number of hydrogen-bond donors (Lipinski definition) is 1. The van der Waals surface area contributed by atoms with Crippen LogP contribution in [-0.2, 0) is 11.7 Å². The van der Waals surface area contributed by atoms with E-state index in [-0.39, 0.29) is 11.6 Å². The average molecular weight is 370 g/mol. The summed E-state index contributed by atoms with van der Waals surface area (Å²) in [6.45, 7) is 0. The van der Waals surface area contributed by atoms with Crippen LogP contribution in [0.5, 0.6) is 0 Å². The standard InChI is InChI=1S/C15H10F4N4OS/c16-9-4-2-1-3-8(9)14(5-6-14)22-13-20-7-10(25-13)11-21-12(24-23-11)15(17,18)19/h1-4,7H,5-6H2,(H,20,22). The molecule has 1 aliphatic rings. The van der Waals surface area contributed by atoms with E-state index in [0.717, 1.165) is 24.2 Å². The molecule has 0 amide bonds. The maximum atomic E-state index is 14.0. The molecule has 1 aliphatic carbocycles. The normalized spacial score (nSPS) is 16.0. The summed E-state index contributed by atoms with van der Waals surface area (Å²) in [6, 6.07) is 6.47. The Kier molecular flexibility index (Phi) is 3.53. The highest BCUT2D eigenvalue weighted by molar-refractivity contribution is 7.18. The third kappa shape index (κ3) is 2.97. The first-order chi connectivity index (χ1) is 11.9. The largest absolute Gasteiger partial charge is 0.471 e. The second-order valence-corrected chi connectivity index (χ2v) is 6.67. The molecule has 3 aromatic rings. The van der Waals surface area contributed by atoms with Gasteiger partial charge in [0.25, 0.3) is 0 Å². The topological polar surface area (TPSA) is 63.8 Å². The fraction of sp³-hybridized carbons (Fsp3) is 0.267. The molecule has 0 bridgehead atoms. The van der Waals surface area contributed by atoms with E-state index in [1.807, 2.05) is 0 Å². The zero-order chi connectivity index (χ0) is 17.7. The van der Waals surface area contributed by atoms with E-state index in [1.165, 1.54) is 12.3 Å². The minimum Gasteiger partial charge on any atom is -0.352 e. The van der Waals surface area contributed by atoms with Crippen molar-refractivity contribution in [3.63, 3.8) is 0 Å². The summed E-state index contributed by atoms with van der Waals surface area (Å²) in [5.41, 5.74) is 0.0140. The highest BCUT2D eigenvalue weighted by atomic mass is 32.1. The molecule has 25 heavy (non-hydrogen) atoms. The van der Waals surface area contributed by atoms with Gasteiger partial charge in [0.2, 0.25) is 5.82 Å². The summed E-state index contributed by atoms with van der Waals surface area (Å²) < 4.78 is 55.8. The van der Waals surface area contributed by atoms with E-state index >= 15 is 0 Å². The second kappa shape index (κ2) is 5.51. The van der Waals surface area contributed by atoms with Crippen molar-refractivity contribution in [1.82, 2.24) is 15.1 Å². The summed E-state index contributed by atoms with van der Waals surface area (Å²) in [5.74, 6) is -1.90. The second-order valence-electron chi connectivity index (χ2n) is 5.64. The predicted octanol–water partition coefficient (Wildman–Crippen LogP) is 4.45. The summed E-state index contributed by atoms with van der Waals surface area (Å²) in [6.07, 6.45) is -1.86. The SMILES string of the molecule is Fc1ccccc1C1(Nc2ncc(-c3noc(C(F)(F)F)n3)s2)CC1. The van der Waals surface area contributed by atoms with Crippen LogP contribution in [0, 0.1) is 5.82 Å². The molecule has 2 heterocycles. The Hall–Kier alpha value is -2.49. The number of nitrogens with zero attached hydrogens (tertiary/aromatic N) is 3. The molecule has 130 valence electrons. The van der Waals surface area contributed by atoms with Crippen LogP contribution in [0.2, 0.25) is 0 Å². The number of nitrogens with one attached hydrogen (secondary N) is 1. The summed E-state index contributed by atoms with van der Waals surface area (Å²) >= 11 is 1.08. The predicted molar refractivity (Wildman–Crippen MR) is 81.3 cm³/mol. The average Bonchev–Trinajstić information content (AvgIpc) is 2.98. The Morgan fingerprint density at radius 2 is 1.96 bits per heavy atom. The first-order valence-corrected chi connectivity index (χ1v) is 8.09. The molecule has 0 spiro atoms. The van der Waals surface area contributed by atoms with E-state index < -0.39 is 17.6 Å². The van der Waals surface area contributed by atoms with Gasteiger partial charge in [-0.25, -0.2) is 9.37 Å². The minimum absolute atomic E-state index is 0.186. The van der Waals surface area contributed by atoms with Gasteiger partial charge in [-0.1, -0.05) is 34.7 Å². The monoisotopic (exact) mass is 370 g/mol. The Bertz CT molecular complexity index is 916. The molecule has 1 aromatic carbocycles. The summed E-state index contributed by atoms with van der Waals surface area (Å²) in [5, 5.41) is 6.95. The van der Waals surface area contributed by atoms with E-state index in [4.69, 9.17) is 0 Å². The molecular formula is C15H10F4N4OS. The number of benzene rings is 1. The van der Waals surface area contributed by atoms with Crippen molar-refractivity contribution in [3.05, 3.63) is 47.7 Å². The maximum absolute atomic E-state index is 14.0. The number of thiazole rings is 1. The van der Waals surface area contributed by atoms with Crippen molar-refractivity contribution in [2.24, 2.45) is 0 Å². The van der Waals surface area contributed by atoms with Gasteiger partial charge in [-0.15, -0.1) is 0 Å². The molecule has 0 saturated heterocycles. The van der Waals surface area contributed by atoms with E-state index in [2.05, 4.69) is 25.0 Å². The number of halogens is 4. The molecule has 4 rings (SSSR count). The van der Waals surface area contributed by atoms with E-state index in [1.54, 1.807) is 18.2 Å². The highest BCUT2D eigenvalue weighted by Crippen LogP contribution is 2.49. The van der Waals surface area contributed by atoms with Gasteiger partial charge in [-0.3, -0.25) is 0 Å². The van der Waals surface area contributed by atoms with Crippen molar-refractivity contribution in [2.45, 2.75) is 24.6 Å². The number of hydrogen-bond acceptors (Lipinski definition) is 6. The van der Waals surface area contributed by atoms with Gasteiger partial charge in [0.1, 0.15) is 5.82 Å². The number of aromatic nitrogens is 3. The Morgan fingerprint density at radius 1 is 1.20 bits per heavy atom. The lowest BCUT2D eigenvalue weighted by Gasteiger charge is -2.17. The van der Waals surface area contributed by atoms with E-state index in [0.29, 0.717) is 15.6 Å².